The molecular weight excluding hydrogens is 344 g/mol. The second-order valence-corrected chi connectivity index (χ2v) is 6.28. The smallest absolute Gasteiger partial charge is 0.202 e. The standard InChI is InChI=1S/C19H12N6S/c20-13-15-5-4-8-17(22-15)26-19-24-23-18(14-9-11-21-12-10-14)25(19)16-6-2-1-3-7-16/h1-12H. The summed E-state index contributed by atoms with van der Waals surface area (Å²) in [6.45, 7) is 0. The third kappa shape index (κ3) is 3.18. The van der Waals surface area contributed by atoms with Crippen LogP contribution >= 0.6 is 11.8 Å². The van der Waals surface area contributed by atoms with Gasteiger partial charge in [-0.3, -0.25) is 9.55 Å². The molecule has 4 aromatic rings. The molecule has 0 bridgehead atoms. The Morgan fingerprint density at radius 1 is 0.885 bits per heavy atom. The third-order valence-corrected chi connectivity index (χ3v) is 4.50. The summed E-state index contributed by atoms with van der Waals surface area (Å²) < 4.78 is 1.97. The van der Waals surface area contributed by atoms with Crippen molar-refractivity contribution < 1.29 is 0 Å². The summed E-state index contributed by atoms with van der Waals surface area (Å²) >= 11 is 1.37. The largest absolute Gasteiger partial charge is 0.270 e. The normalized spacial score (nSPS) is 10.4. The molecule has 0 saturated heterocycles. The van der Waals surface area contributed by atoms with E-state index in [9.17, 15) is 0 Å². The van der Waals surface area contributed by atoms with E-state index in [4.69, 9.17) is 5.26 Å². The van der Waals surface area contributed by atoms with Crippen LogP contribution in [0.15, 0.2) is 83.2 Å². The zero-order valence-corrected chi connectivity index (χ0v) is 14.3. The molecule has 0 aliphatic rings. The van der Waals surface area contributed by atoms with E-state index >= 15 is 0 Å². The van der Waals surface area contributed by atoms with Gasteiger partial charge in [0.15, 0.2) is 5.82 Å². The Balaban J connectivity index is 1.82. The van der Waals surface area contributed by atoms with Crippen molar-refractivity contribution in [2.45, 2.75) is 10.2 Å². The van der Waals surface area contributed by atoms with Gasteiger partial charge in [-0.25, -0.2) is 4.98 Å². The summed E-state index contributed by atoms with van der Waals surface area (Å²) in [4.78, 5) is 8.38. The average molecular weight is 356 g/mol. The highest BCUT2D eigenvalue weighted by Crippen LogP contribution is 2.31. The minimum Gasteiger partial charge on any atom is -0.270 e. The lowest BCUT2D eigenvalue weighted by molar-refractivity contribution is 0.882. The van der Waals surface area contributed by atoms with Gasteiger partial charge in [0, 0.05) is 23.6 Å². The topological polar surface area (TPSA) is 80.3 Å². The van der Waals surface area contributed by atoms with Crippen molar-refractivity contribution in [3.63, 3.8) is 0 Å². The molecule has 0 aliphatic carbocycles. The summed E-state index contributed by atoms with van der Waals surface area (Å²) in [7, 11) is 0. The fraction of sp³-hybridized carbons (Fsp3) is 0. The molecule has 0 fully saturated rings. The Morgan fingerprint density at radius 3 is 2.46 bits per heavy atom. The molecule has 0 unspecified atom stereocenters. The molecule has 0 atom stereocenters. The van der Waals surface area contributed by atoms with Gasteiger partial charge in [0.1, 0.15) is 16.8 Å². The summed E-state index contributed by atoms with van der Waals surface area (Å²) in [5.74, 6) is 0.720. The number of para-hydroxylation sites is 1. The first-order chi connectivity index (χ1) is 12.8. The SMILES string of the molecule is N#Cc1cccc(Sc2nnc(-c3ccncc3)n2-c2ccccc2)n1. The number of benzene rings is 1. The molecule has 0 N–H and O–H groups in total. The highest BCUT2D eigenvalue weighted by molar-refractivity contribution is 7.99. The van der Waals surface area contributed by atoms with Crippen LogP contribution in [0.1, 0.15) is 5.69 Å². The molecule has 1 aromatic carbocycles. The second-order valence-electron chi connectivity index (χ2n) is 5.29. The first-order valence-electron chi connectivity index (χ1n) is 7.81. The highest BCUT2D eigenvalue weighted by Gasteiger charge is 2.17. The average Bonchev–Trinajstić information content (AvgIpc) is 3.13. The van der Waals surface area contributed by atoms with E-state index in [1.807, 2.05) is 53.1 Å². The minimum absolute atomic E-state index is 0.370. The molecule has 124 valence electrons. The Kier molecular flexibility index (Phi) is 4.41. The van der Waals surface area contributed by atoms with Gasteiger partial charge >= 0.3 is 0 Å². The van der Waals surface area contributed by atoms with Gasteiger partial charge in [-0.1, -0.05) is 24.3 Å². The van der Waals surface area contributed by atoms with Gasteiger partial charge in [0.25, 0.3) is 0 Å². The lowest BCUT2D eigenvalue weighted by Gasteiger charge is -2.10. The van der Waals surface area contributed by atoms with Crippen LogP contribution in [0.2, 0.25) is 0 Å². The molecule has 0 radical (unpaired) electrons. The fourth-order valence-electron chi connectivity index (χ4n) is 2.46. The van der Waals surface area contributed by atoms with Gasteiger partial charge in [-0.2, -0.15) is 5.26 Å². The second kappa shape index (κ2) is 7.17. The molecular formula is C19H12N6S. The minimum atomic E-state index is 0.370. The molecule has 3 heterocycles. The number of hydrogen-bond acceptors (Lipinski definition) is 6. The van der Waals surface area contributed by atoms with E-state index in [2.05, 4.69) is 26.2 Å². The van der Waals surface area contributed by atoms with Crippen molar-refractivity contribution in [1.29, 1.82) is 5.26 Å². The van der Waals surface area contributed by atoms with Crippen molar-refractivity contribution in [2.75, 3.05) is 0 Å². The number of rotatable bonds is 4. The van der Waals surface area contributed by atoms with Crippen molar-refractivity contribution >= 4 is 11.8 Å². The van der Waals surface area contributed by atoms with E-state index in [-0.39, 0.29) is 0 Å². The zero-order valence-electron chi connectivity index (χ0n) is 13.5. The lowest BCUT2D eigenvalue weighted by atomic mass is 10.2. The summed E-state index contributed by atoms with van der Waals surface area (Å²) in [5.41, 5.74) is 2.24. The predicted octanol–water partition coefficient (Wildman–Crippen LogP) is 3.75. The van der Waals surface area contributed by atoms with Crippen LogP contribution in [0, 0.1) is 11.3 Å². The monoisotopic (exact) mass is 356 g/mol. The molecule has 3 aromatic heterocycles. The van der Waals surface area contributed by atoms with Crippen molar-refractivity contribution in [3.8, 4) is 23.1 Å². The Hall–Kier alpha value is -3.50. The molecule has 0 aliphatic heterocycles. The van der Waals surface area contributed by atoms with E-state index in [0.29, 0.717) is 15.9 Å². The Morgan fingerprint density at radius 2 is 1.69 bits per heavy atom. The maximum Gasteiger partial charge on any atom is 0.202 e. The number of nitrogens with zero attached hydrogens (tertiary/aromatic N) is 6. The fourth-order valence-corrected chi connectivity index (χ4v) is 3.30. The number of nitriles is 1. The van der Waals surface area contributed by atoms with E-state index in [0.717, 1.165) is 17.1 Å². The quantitative estimate of drug-likeness (QED) is 0.554. The molecule has 26 heavy (non-hydrogen) atoms. The van der Waals surface area contributed by atoms with Crippen LogP contribution in [-0.2, 0) is 0 Å². The summed E-state index contributed by atoms with van der Waals surface area (Å²) in [6, 6.07) is 21.1. The lowest BCUT2D eigenvalue weighted by Crippen LogP contribution is -1.99. The Labute approximate surface area is 154 Å². The number of aromatic nitrogens is 5. The maximum atomic E-state index is 9.05. The van der Waals surface area contributed by atoms with Crippen LogP contribution in [0.4, 0.5) is 0 Å². The van der Waals surface area contributed by atoms with Gasteiger partial charge < -0.3 is 0 Å². The predicted molar refractivity (Wildman–Crippen MR) is 97.7 cm³/mol. The molecule has 0 amide bonds. The number of hydrogen-bond donors (Lipinski definition) is 0. The molecule has 0 saturated carbocycles. The third-order valence-electron chi connectivity index (χ3n) is 3.62. The van der Waals surface area contributed by atoms with E-state index < -0.39 is 0 Å². The van der Waals surface area contributed by atoms with Crippen LogP contribution in [0.25, 0.3) is 17.1 Å². The highest BCUT2D eigenvalue weighted by atomic mass is 32.2. The molecule has 0 spiro atoms. The van der Waals surface area contributed by atoms with Gasteiger partial charge in [0.2, 0.25) is 5.16 Å². The zero-order chi connectivity index (χ0) is 17.8. The van der Waals surface area contributed by atoms with Crippen molar-refractivity contribution in [3.05, 3.63) is 78.8 Å². The van der Waals surface area contributed by atoms with Crippen LogP contribution < -0.4 is 0 Å². The number of pyridine rings is 2. The first-order valence-corrected chi connectivity index (χ1v) is 8.63. The molecule has 6 nitrogen and oxygen atoms in total. The first kappa shape index (κ1) is 16.0. The van der Waals surface area contributed by atoms with Crippen LogP contribution in [-0.4, -0.2) is 24.7 Å². The molecule has 7 heteroatoms. The van der Waals surface area contributed by atoms with Crippen LogP contribution in [0.5, 0.6) is 0 Å². The van der Waals surface area contributed by atoms with E-state index in [1.165, 1.54) is 11.8 Å². The Bertz CT molecular complexity index is 1070. The van der Waals surface area contributed by atoms with Crippen LogP contribution in [0.3, 0.4) is 0 Å². The molecule has 4 rings (SSSR count). The summed E-state index contributed by atoms with van der Waals surface area (Å²) in [5, 5.41) is 19.1. The van der Waals surface area contributed by atoms with Crippen molar-refractivity contribution in [2.24, 2.45) is 0 Å². The van der Waals surface area contributed by atoms with E-state index in [1.54, 1.807) is 24.5 Å². The maximum absolute atomic E-state index is 9.05. The van der Waals surface area contributed by atoms with Gasteiger partial charge in [0.05, 0.1) is 0 Å². The van der Waals surface area contributed by atoms with Gasteiger partial charge in [-0.05, 0) is 48.2 Å². The summed E-state index contributed by atoms with van der Waals surface area (Å²) in [6.07, 6.45) is 3.45. The van der Waals surface area contributed by atoms with Gasteiger partial charge in [-0.15, -0.1) is 10.2 Å². The van der Waals surface area contributed by atoms with Crippen molar-refractivity contribution in [1.82, 2.24) is 24.7 Å².